The number of aromatic amines is 1. The van der Waals surface area contributed by atoms with Gasteiger partial charge in [0.25, 0.3) is 5.56 Å². The summed E-state index contributed by atoms with van der Waals surface area (Å²) in [5, 5.41) is 13.7. The normalized spacial score (nSPS) is 20.9. The lowest BCUT2D eigenvalue weighted by Crippen LogP contribution is -2.34. The number of nitrogens with one attached hydrogen (secondary N) is 1. The Hall–Kier alpha value is -2.58. The van der Waals surface area contributed by atoms with Gasteiger partial charge in [0.05, 0.1) is 18.2 Å². The molecule has 8 nitrogen and oxygen atoms in total. The van der Waals surface area contributed by atoms with Crippen LogP contribution in [0.1, 0.15) is 54.2 Å². The Bertz CT molecular complexity index is 1110. The summed E-state index contributed by atoms with van der Waals surface area (Å²) < 4.78 is 7.64. The van der Waals surface area contributed by atoms with Gasteiger partial charge in [0.1, 0.15) is 6.04 Å². The number of tetrazole rings is 1. The molecule has 0 aliphatic carbocycles. The third-order valence-electron chi connectivity index (χ3n) is 6.33. The van der Waals surface area contributed by atoms with Gasteiger partial charge in [-0.15, -0.1) is 5.10 Å². The Kier molecular flexibility index (Phi) is 5.12. The van der Waals surface area contributed by atoms with Crippen LogP contribution in [0.15, 0.2) is 23.0 Å². The molecule has 0 spiro atoms. The van der Waals surface area contributed by atoms with Crippen LogP contribution in [-0.4, -0.2) is 55.9 Å². The van der Waals surface area contributed by atoms with Crippen LogP contribution in [-0.2, 0) is 11.3 Å². The molecule has 4 heterocycles. The maximum Gasteiger partial charge on any atom is 0.253 e. The lowest BCUT2D eigenvalue weighted by atomic mass is 10.0. The molecule has 2 saturated heterocycles. The molecule has 158 valence electrons. The second-order valence-electron chi connectivity index (χ2n) is 8.60. The van der Waals surface area contributed by atoms with E-state index in [0.29, 0.717) is 12.1 Å². The Balaban J connectivity index is 1.62. The molecular weight excluding hydrogens is 380 g/mol. The van der Waals surface area contributed by atoms with Crippen molar-refractivity contribution in [2.45, 2.75) is 58.2 Å². The van der Waals surface area contributed by atoms with Crippen LogP contribution in [0.2, 0.25) is 0 Å². The molecule has 1 aromatic carbocycles. The third-order valence-corrected chi connectivity index (χ3v) is 6.33. The molecule has 2 aromatic heterocycles. The zero-order chi connectivity index (χ0) is 20.7. The Morgan fingerprint density at radius 2 is 2.03 bits per heavy atom. The van der Waals surface area contributed by atoms with Gasteiger partial charge in [-0.3, -0.25) is 9.69 Å². The zero-order valence-corrected chi connectivity index (χ0v) is 17.6. The molecule has 5 rings (SSSR count). The van der Waals surface area contributed by atoms with Crippen LogP contribution in [0.5, 0.6) is 0 Å². The number of ether oxygens (including phenoxy) is 1. The van der Waals surface area contributed by atoms with Crippen LogP contribution >= 0.6 is 0 Å². The molecule has 2 unspecified atom stereocenters. The summed E-state index contributed by atoms with van der Waals surface area (Å²) in [6.45, 7) is 7.39. The second-order valence-corrected chi connectivity index (χ2v) is 8.60. The van der Waals surface area contributed by atoms with E-state index in [1.54, 1.807) is 0 Å². The first-order chi connectivity index (χ1) is 14.6. The minimum absolute atomic E-state index is 0.0713. The van der Waals surface area contributed by atoms with Crippen molar-refractivity contribution in [2.75, 3.05) is 19.7 Å². The van der Waals surface area contributed by atoms with Gasteiger partial charge in [0.15, 0.2) is 5.82 Å². The number of nitrogens with zero attached hydrogens (tertiary/aromatic N) is 5. The summed E-state index contributed by atoms with van der Waals surface area (Å²) in [5.41, 5.74) is 3.79. The SMILES string of the molecule is Cc1cc(C)c2[nH]c(=O)c(C(c3nnnn3CC3CCCO3)N3CCCC3)cc2c1. The standard InChI is InChI=1S/C22H28N6O2/c1-14-10-15(2)19-16(11-14)12-18(22(29)23-19)20(27-7-3-4-8-27)21-24-25-26-28(21)13-17-6-5-9-30-17/h10-12,17,20H,3-9,13H2,1-2H3,(H,23,29). The predicted octanol–water partition coefficient (Wildman–Crippen LogP) is 2.50. The first-order valence-electron chi connectivity index (χ1n) is 10.9. The number of likely N-dealkylation sites (tertiary alicyclic amines) is 1. The largest absolute Gasteiger partial charge is 0.376 e. The first kappa shape index (κ1) is 19.4. The molecule has 0 radical (unpaired) electrons. The number of aromatic nitrogens is 5. The average molecular weight is 409 g/mol. The van der Waals surface area contributed by atoms with Crippen molar-refractivity contribution in [1.29, 1.82) is 0 Å². The van der Waals surface area contributed by atoms with Crippen LogP contribution < -0.4 is 5.56 Å². The lowest BCUT2D eigenvalue weighted by Gasteiger charge is -2.27. The van der Waals surface area contributed by atoms with Gasteiger partial charge >= 0.3 is 0 Å². The molecule has 8 heteroatoms. The van der Waals surface area contributed by atoms with Crippen LogP contribution in [0, 0.1) is 13.8 Å². The Morgan fingerprint density at radius 1 is 1.20 bits per heavy atom. The van der Waals surface area contributed by atoms with E-state index in [0.717, 1.165) is 67.7 Å². The number of hydrogen-bond acceptors (Lipinski definition) is 6. The molecule has 0 bridgehead atoms. The van der Waals surface area contributed by atoms with Crippen molar-refractivity contribution in [2.24, 2.45) is 0 Å². The van der Waals surface area contributed by atoms with Crippen molar-refractivity contribution in [3.63, 3.8) is 0 Å². The minimum atomic E-state index is -0.266. The van der Waals surface area contributed by atoms with E-state index in [2.05, 4.69) is 44.5 Å². The monoisotopic (exact) mass is 408 g/mol. The number of H-pyrrole nitrogens is 1. The van der Waals surface area contributed by atoms with E-state index >= 15 is 0 Å². The minimum Gasteiger partial charge on any atom is -0.376 e. The van der Waals surface area contributed by atoms with E-state index in [9.17, 15) is 4.79 Å². The highest BCUT2D eigenvalue weighted by molar-refractivity contribution is 5.83. The summed E-state index contributed by atoms with van der Waals surface area (Å²) in [5.74, 6) is 0.724. The second kappa shape index (κ2) is 7.92. The number of aryl methyl sites for hydroxylation is 2. The van der Waals surface area contributed by atoms with Crippen LogP contribution in [0.25, 0.3) is 10.9 Å². The highest BCUT2D eigenvalue weighted by Gasteiger charge is 2.33. The third kappa shape index (κ3) is 3.54. The van der Waals surface area contributed by atoms with Gasteiger partial charge in [-0.2, -0.15) is 0 Å². The van der Waals surface area contributed by atoms with Crippen LogP contribution in [0.4, 0.5) is 0 Å². The number of hydrogen-bond donors (Lipinski definition) is 1. The summed E-state index contributed by atoms with van der Waals surface area (Å²) in [6, 6.07) is 5.98. The van der Waals surface area contributed by atoms with Gasteiger partial charge in [-0.05, 0) is 86.1 Å². The van der Waals surface area contributed by atoms with E-state index in [1.807, 2.05) is 17.7 Å². The van der Waals surface area contributed by atoms with Gasteiger partial charge in [-0.25, -0.2) is 4.68 Å². The fourth-order valence-electron chi connectivity index (χ4n) is 4.92. The van der Waals surface area contributed by atoms with Crippen molar-refractivity contribution >= 4 is 10.9 Å². The fraction of sp³-hybridized carbons (Fsp3) is 0.545. The summed E-state index contributed by atoms with van der Waals surface area (Å²) in [7, 11) is 0. The van der Waals surface area contributed by atoms with Gasteiger partial charge in [-0.1, -0.05) is 11.6 Å². The molecule has 0 amide bonds. The highest BCUT2D eigenvalue weighted by atomic mass is 16.5. The van der Waals surface area contributed by atoms with Crippen molar-refractivity contribution in [3.8, 4) is 0 Å². The number of pyridine rings is 1. The Morgan fingerprint density at radius 3 is 2.80 bits per heavy atom. The quantitative estimate of drug-likeness (QED) is 0.698. The molecule has 30 heavy (non-hydrogen) atoms. The van der Waals surface area contributed by atoms with Crippen molar-refractivity contribution in [1.82, 2.24) is 30.1 Å². The molecule has 1 N–H and O–H groups in total. The van der Waals surface area contributed by atoms with Crippen LogP contribution in [0.3, 0.4) is 0 Å². The summed E-state index contributed by atoms with van der Waals surface area (Å²) in [4.78, 5) is 18.7. The van der Waals surface area contributed by atoms with Gasteiger partial charge < -0.3 is 9.72 Å². The molecule has 3 aromatic rings. The molecule has 0 saturated carbocycles. The zero-order valence-electron chi connectivity index (χ0n) is 17.6. The fourth-order valence-corrected chi connectivity index (χ4v) is 4.92. The number of benzene rings is 1. The lowest BCUT2D eigenvalue weighted by molar-refractivity contribution is 0.0912. The maximum absolute atomic E-state index is 13.2. The first-order valence-corrected chi connectivity index (χ1v) is 10.9. The Labute approximate surface area is 175 Å². The molecule has 2 atom stereocenters. The van der Waals surface area contributed by atoms with E-state index in [4.69, 9.17) is 4.74 Å². The van der Waals surface area contributed by atoms with E-state index in [1.165, 1.54) is 5.56 Å². The van der Waals surface area contributed by atoms with Crippen molar-refractivity contribution in [3.05, 3.63) is 51.1 Å². The smallest absolute Gasteiger partial charge is 0.253 e. The summed E-state index contributed by atoms with van der Waals surface area (Å²) in [6.07, 6.45) is 4.46. The molecule has 2 aliphatic heterocycles. The maximum atomic E-state index is 13.2. The highest BCUT2D eigenvalue weighted by Crippen LogP contribution is 2.30. The average Bonchev–Trinajstić information content (AvgIpc) is 3.48. The molecule has 2 fully saturated rings. The predicted molar refractivity (Wildman–Crippen MR) is 113 cm³/mol. The number of rotatable bonds is 5. The topological polar surface area (TPSA) is 88.9 Å². The van der Waals surface area contributed by atoms with E-state index in [-0.39, 0.29) is 17.7 Å². The molecular formula is C22H28N6O2. The molecule has 2 aliphatic rings. The van der Waals surface area contributed by atoms with Crippen molar-refractivity contribution < 1.29 is 4.74 Å². The van der Waals surface area contributed by atoms with E-state index < -0.39 is 0 Å². The summed E-state index contributed by atoms with van der Waals surface area (Å²) >= 11 is 0. The van der Waals surface area contributed by atoms with Gasteiger partial charge in [0.2, 0.25) is 0 Å². The van der Waals surface area contributed by atoms with Gasteiger partial charge in [0, 0.05) is 12.2 Å². The number of fused-ring (bicyclic) bond motifs is 1.